The summed E-state index contributed by atoms with van der Waals surface area (Å²) < 4.78 is 6.15. The molecule has 2 saturated heterocycles. The maximum atomic E-state index is 13.3. The highest BCUT2D eigenvalue weighted by atomic mass is 16.5. The molecule has 0 unspecified atom stereocenters. The van der Waals surface area contributed by atoms with Crippen LogP contribution in [0.15, 0.2) is 30.0 Å². The molecule has 0 amide bonds. The minimum absolute atomic E-state index is 0.0630. The van der Waals surface area contributed by atoms with E-state index in [1.54, 1.807) is 0 Å². The number of aryl methyl sites for hydroxylation is 3. The van der Waals surface area contributed by atoms with Crippen molar-refractivity contribution in [1.82, 2.24) is 0 Å². The third-order valence-electron chi connectivity index (χ3n) is 6.44. The number of aliphatic hydroxyl groups is 1. The van der Waals surface area contributed by atoms with Crippen LogP contribution in [0, 0.1) is 44.4 Å². The second-order valence-electron chi connectivity index (χ2n) is 9.05. The molecule has 0 spiro atoms. The number of ether oxygens (including phenoxy) is 1. The molecule has 4 rings (SSSR count). The van der Waals surface area contributed by atoms with E-state index < -0.39 is 0 Å². The second-order valence-corrected chi connectivity index (χ2v) is 9.05. The zero-order valence-corrected chi connectivity index (χ0v) is 17.0. The van der Waals surface area contributed by atoms with Gasteiger partial charge in [0.2, 0.25) is 0 Å². The van der Waals surface area contributed by atoms with Crippen LogP contribution in [0.2, 0.25) is 0 Å². The monoisotopic (exact) mass is 366 g/mol. The van der Waals surface area contributed by atoms with Gasteiger partial charge in [-0.2, -0.15) is 0 Å². The summed E-state index contributed by atoms with van der Waals surface area (Å²) in [7, 11) is 0. The van der Waals surface area contributed by atoms with Crippen LogP contribution in [0.25, 0.3) is 5.57 Å². The Bertz CT molecular complexity index is 822. The van der Waals surface area contributed by atoms with E-state index in [4.69, 9.17) is 4.74 Å². The normalized spacial score (nSPS) is 32.4. The van der Waals surface area contributed by atoms with E-state index in [0.29, 0.717) is 17.4 Å². The van der Waals surface area contributed by atoms with Crippen molar-refractivity contribution in [3.8, 4) is 0 Å². The standard InChI is InChI=1S/C24H30O3/c1-12(2)7-6-8-16-11-17-19-21(24(16)27-17)23(26)20(22(19)25)18-14(4)9-13(3)10-15(18)5/h6,8-10,12,16-17,19,21,24,26H,7,11H2,1-5H3/b8-6+/t16-,17+,19+,21-,24-/m1/s1. The fourth-order valence-corrected chi connectivity index (χ4v) is 5.43. The highest BCUT2D eigenvalue weighted by Crippen LogP contribution is 2.56. The Hall–Kier alpha value is -1.87. The second kappa shape index (κ2) is 6.63. The highest BCUT2D eigenvalue weighted by Gasteiger charge is 2.61. The van der Waals surface area contributed by atoms with Gasteiger partial charge in [0, 0.05) is 5.92 Å². The average Bonchev–Trinajstić information content (AvgIpc) is 3.20. The molecule has 1 aromatic carbocycles. The topological polar surface area (TPSA) is 46.5 Å². The maximum absolute atomic E-state index is 13.3. The van der Waals surface area contributed by atoms with Crippen LogP contribution in [-0.2, 0) is 9.53 Å². The van der Waals surface area contributed by atoms with Crippen LogP contribution in [0.1, 0.15) is 48.9 Å². The number of hydrogen-bond donors (Lipinski definition) is 1. The Morgan fingerprint density at radius 3 is 2.48 bits per heavy atom. The van der Waals surface area contributed by atoms with Gasteiger partial charge in [-0.1, -0.05) is 43.7 Å². The molecule has 1 aromatic rings. The summed E-state index contributed by atoms with van der Waals surface area (Å²) in [6, 6.07) is 4.18. The first kappa shape index (κ1) is 18.5. The lowest BCUT2D eigenvalue weighted by molar-refractivity contribution is -0.118. The van der Waals surface area contributed by atoms with Crippen LogP contribution in [0.3, 0.4) is 0 Å². The van der Waals surface area contributed by atoms with Crippen molar-refractivity contribution in [3.05, 3.63) is 52.3 Å². The molecule has 2 bridgehead atoms. The van der Waals surface area contributed by atoms with Crippen molar-refractivity contribution in [2.75, 3.05) is 0 Å². The number of fused-ring (bicyclic) bond motifs is 5. The van der Waals surface area contributed by atoms with Crippen molar-refractivity contribution >= 4 is 11.4 Å². The predicted octanol–water partition coefficient (Wildman–Crippen LogP) is 5.09. The van der Waals surface area contributed by atoms with Gasteiger partial charge in [0.1, 0.15) is 5.76 Å². The predicted molar refractivity (Wildman–Crippen MR) is 108 cm³/mol. The minimum Gasteiger partial charge on any atom is -0.511 e. The van der Waals surface area contributed by atoms with E-state index in [1.807, 2.05) is 13.8 Å². The number of rotatable bonds is 4. The fourth-order valence-electron chi connectivity index (χ4n) is 5.43. The van der Waals surface area contributed by atoms with Gasteiger partial charge in [-0.3, -0.25) is 4.79 Å². The van der Waals surface area contributed by atoms with E-state index >= 15 is 0 Å². The Kier molecular flexibility index (Phi) is 4.54. The number of carbonyl (C=O) groups is 1. The summed E-state index contributed by atoms with van der Waals surface area (Å²) in [6.45, 7) is 10.5. The van der Waals surface area contributed by atoms with Gasteiger partial charge in [-0.25, -0.2) is 0 Å². The van der Waals surface area contributed by atoms with Gasteiger partial charge >= 0.3 is 0 Å². The summed E-state index contributed by atoms with van der Waals surface area (Å²) in [5.41, 5.74) is 4.76. The molecule has 0 aromatic heterocycles. The Morgan fingerprint density at radius 1 is 1.19 bits per heavy atom. The summed E-state index contributed by atoms with van der Waals surface area (Å²) in [6.07, 6.45) is 6.29. The summed E-state index contributed by atoms with van der Waals surface area (Å²) in [5, 5.41) is 11.1. The van der Waals surface area contributed by atoms with Gasteiger partial charge in [-0.15, -0.1) is 0 Å². The molecule has 3 heteroatoms. The number of allylic oxidation sites excluding steroid dienone is 2. The van der Waals surface area contributed by atoms with E-state index in [1.165, 1.54) is 5.56 Å². The third kappa shape index (κ3) is 2.87. The summed E-state index contributed by atoms with van der Waals surface area (Å²) in [4.78, 5) is 13.3. The molecule has 2 heterocycles. The lowest BCUT2D eigenvalue weighted by Gasteiger charge is -2.25. The Labute approximate surface area is 162 Å². The van der Waals surface area contributed by atoms with Crippen molar-refractivity contribution < 1.29 is 14.6 Å². The molecule has 27 heavy (non-hydrogen) atoms. The van der Waals surface area contributed by atoms with Crippen LogP contribution < -0.4 is 0 Å². The molecule has 1 N–H and O–H groups in total. The lowest BCUT2D eigenvalue weighted by atomic mass is 9.74. The summed E-state index contributed by atoms with van der Waals surface area (Å²) >= 11 is 0. The van der Waals surface area contributed by atoms with Gasteiger partial charge in [0.05, 0.1) is 29.6 Å². The number of hydrogen-bond acceptors (Lipinski definition) is 3. The number of aliphatic hydroxyl groups excluding tert-OH is 1. The number of ketones is 1. The lowest BCUT2D eigenvalue weighted by Crippen LogP contribution is -2.33. The van der Waals surface area contributed by atoms with Crippen LogP contribution >= 0.6 is 0 Å². The molecule has 1 aliphatic carbocycles. The first-order chi connectivity index (χ1) is 12.8. The van der Waals surface area contributed by atoms with Crippen LogP contribution in [-0.4, -0.2) is 23.1 Å². The zero-order valence-electron chi connectivity index (χ0n) is 17.0. The Morgan fingerprint density at radius 2 is 1.85 bits per heavy atom. The van der Waals surface area contributed by atoms with E-state index in [9.17, 15) is 9.90 Å². The first-order valence-corrected chi connectivity index (χ1v) is 10.2. The molecule has 3 nitrogen and oxygen atoms in total. The van der Waals surface area contributed by atoms with Crippen molar-refractivity contribution in [2.45, 2.75) is 59.7 Å². The maximum Gasteiger partial charge on any atom is 0.173 e. The molecule has 0 saturated carbocycles. The Balaban J connectivity index is 1.68. The minimum atomic E-state index is -0.208. The highest BCUT2D eigenvalue weighted by molar-refractivity contribution is 6.26. The quantitative estimate of drug-likeness (QED) is 0.755. The largest absolute Gasteiger partial charge is 0.511 e. The van der Waals surface area contributed by atoms with Gasteiger partial charge in [0.15, 0.2) is 5.78 Å². The van der Waals surface area contributed by atoms with Crippen molar-refractivity contribution in [1.29, 1.82) is 0 Å². The fraction of sp³-hybridized carbons (Fsp3) is 0.542. The van der Waals surface area contributed by atoms with Crippen LogP contribution in [0.5, 0.6) is 0 Å². The van der Waals surface area contributed by atoms with Gasteiger partial charge in [-0.05, 0) is 56.2 Å². The van der Waals surface area contributed by atoms with Crippen molar-refractivity contribution in [3.63, 3.8) is 0 Å². The van der Waals surface area contributed by atoms with Gasteiger partial charge in [0.25, 0.3) is 0 Å². The number of carbonyl (C=O) groups excluding carboxylic acids is 1. The number of Topliss-reactive ketones (excluding diaryl/α,β-unsaturated/α-hetero) is 1. The van der Waals surface area contributed by atoms with Gasteiger partial charge < -0.3 is 9.84 Å². The molecule has 0 radical (unpaired) electrons. The molecule has 5 atom stereocenters. The molecular weight excluding hydrogens is 336 g/mol. The molecule has 2 fully saturated rings. The number of benzene rings is 1. The molecule has 3 aliphatic rings. The molecular formula is C24H30O3. The average molecular weight is 367 g/mol. The summed E-state index contributed by atoms with van der Waals surface area (Å²) in [5.74, 6) is 0.873. The van der Waals surface area contributed by atoms with Crippen molar-refractivity contribution in [2.24, 2.45) is 23.7 Å². The molecule has 2 aliphatic heterocycles. The van der Waals surface area contributed by atoms with E-state index in [0.717, 1.165) is 29.5 Å². The smallest absolute Gasteiger partial charge is 0.173 e. The zero-order chi connectivity index (χ0) is 19.5. The van der Waals surface area contributed by atoms with E-state index in [2.05, 4.69) is 45.1 Å². The molecule has 144 valence electrons. The third-order valence-corrected chi connectivity index (χ3v) is 6.44. The first-order valence-electron chi connectivity index (χ1n) is 10.2. The van der Waals surface area contributed by atoms with Crippen LogP contribution in [0.4, 0.5) is 0 Å². The SMILES string of the molecule is Cc1cc(C)c(C2=C(O)[C@@H]3[C@@H]4O[C@@H](C[C@H]4/C=C/CC(C)C)[C@@H]3C2=O)c(C)c1. The van der Waals surface area contributed by atoms with E-state index in [-0.39, 0.29) is 35.6 Å².